The molecular formula is C10H8ClN3O4S. The maximum absolute atomic E-state index is 12.0. The van der Waals surface area contributed by atoms with Crippen molar-refractivity contribution >= 4 is 27.3 Å². The topological polar surface area (TPSA) is 112 Å². The van der Waals surface area contributed by atoms with Gasteiger partial charge in [-0.1, -0.05) is 11.6 Å². The Morgan fingerprint density at radius 3 is 2.32 bits per heavy atom. The second-order valence-corrected chi connectivity index (χ2v) is 5.66. The fraction of sp³-hybridized carbons (Fsp3) is 0. The molecule has 0 saturated heterocycles. The number of anilines is 1. The van der Waals surface area contributed by atoms with Crippen molar-refractivity contribution in [3.63, 3.8) is 0 Å². The number of hydrogen-bond acceptors (Lipinski definition) is 4. The number of halogens is 1. The van der Waals surface area contributed by atoms with Crippen LogP contribution in [0.2, 0.25) is 5.02 Å². The first-order chi connectivity index (χ1) is 8.88. The summed E-state index contributed by atoms with van der Waals surface area (Å²) in [7, 11) is -3.92. The molecule has 0 unspecified atom stereocenters. The highest BCUT2D eigenvalue weighted by Gasteiger charge is 2.15. The molecule has 0 amide bonds. The molecule has 7 nitrogen and oxygen atoms in total. The van der Waals surface area contributed by atoms with E-state index in [4.69, 9.17) is 11.6 Å². The Labute approximate surface area is 112 Å². The minimum absolute atomic E-state index is 0.0532. The van der Waals surface area contributed by atoms with E-state index in [1.807, 2.05) is 4.98 Å². The van der Waals surface area contributed by atoms with Crippen molar-refractivity contribution in [1.82, 2.24) is 9.97 Å². The minimum atomic E-state index is -3.92. The van der Waals surface area contributed by atoms with Crippen molar-refractivity contribution < 1.29 is 8.42 Å². The molecule has 1 heterocycles. The normalized spacial score (nSPS) is 11.2. The number of sulfonamides is 1. The highest BCUT2D eigenvalue weighted by molar-refractivity contribution is 7.92. The van der Waals surface area contributed by atoms with Gasteiger partial charge < -0.3 is 4.98 Å². The first-order valence-electron chi connectivity index (χ1n) is 4.99. The molecule has 3 N–H and O–H groups in total. The maximum Gasteiger partial charge on any atom is 0.325 e. The summed E-state index contributed by atoms with van der Waals surface area (Å²) in [5.74, 6) is 0. The summed E-state index contributed by atoms with van der Waals surface area (Å²) >= 11 is 5.65. The van der Waals surface area contributed by atoms with Gasteiger partial charge in [0.25, 0.3) is 15.6 Å². The van der Waals surface area contributed by atoms with Crippen molar-refractivity contribution in [3.8, 4) is 0 Å². The summed E-state index contributed by atoms with van der Waals surface area (Å²) in [4.78, 5) is 26.2. The first-order valence-corrected chi connectivity index (χ1v) is 6.85. The van der Waals surface area contributed by atoms with Crippen LogP contribution in [0.3, 0.4) is 0 Å². The molecular weight excluding hydrogens is 294 g/mol. The molecule has 0 aliphatic heterocycles. The Kier molecular flexibility index (Phi) is 3.45. The summed E-state index contributed by atoms with van der Waals surface area (Å²) < 4.78 is 26.0. The van der Waals surface area contributed by atoms with Crippen LogP contribution in [-0.2, 0) is 10.0 Å². The van der Waals surface area contributed by atoms with Crippen LogP contribution >= 0.6 is 11.6 Å². The number of aromatic amines is 2. The number of nitrogens with one attached hydrogen (secondary N) is 3. The molecule has 0 atom stereocenters. The smallest absolute Gasteiger partial charge is 0.312 e. The van der Waals surface area contributed by atoms with Gasteiger partial charge in [-0.2, -0.15) is 0 Å². The molecule has 2 rings (SSSR count). The highest BCUT2D eigenvalue weighted by Crippen LogP contribution is 2.15. The van der Waals surface area contributed by atoms with Crippen LogP contribution in [0.4, 0.5) is 5.69 Å². The van der Waals surface area contributed by atoms with E-state index in [1.54, 1.807) is 0 Å². The fourth-order valence-electron chi connectivity index (χ4n) is 1.30. The van der Waals surface area contributed by atoms with Gasteiger partial charge in [-0.05, 0) is 24.3 Å². The Balaban J connectivity index is 2.39. The molecule has 0 fully saturated rings. The predicted octanol–water partition coefficient (Wildman–Crippen LogP) is 0.517. The van der Waals surface area contributed by atoms with Gasteiger partial charge in [-0.25, -0.2) is 13.2 Å². The van der Waals surface area contributed by atoms with Crippen LogP contribution < -0.4 is 16.0 Å². The molecule has 0 aliphatic rings. The third-order valence-corrected chi connectivity index (χ3v) is 3.82. The molecule has 0 spiro atoms. The van der Waals surface area contributed by atoms with Gasteiger partial charge in [0.1, 0.15) is 5.69 Å². The third kappa shape index (κ3) is 3.04. The van der Waals surface area contributed by atoms with Gasteiger partial charge >= 0.3 is 5.69 Å². The molecule has 0 bridgehead atoms. The first kappa shape index (κ1) is 13.4. The van der Waals surface area contributed by atoms with Crippen molar-refractivity contribution in [3.05, 3.63) is 56.3 Å². The zero-order valence-corrected chi connectivity index (χ0v) is 10.9. The molecule has 1 aromatic heterocycles. The van der Waals surface area contributed by atoms with Crippen molar-refractivity contribution in [1.29, 1.82) is 0 Å². The van der Waals surface area contributed by atoms with Crippen molar-refractivity contribution in [2.45, 2.75) is 4.90 Å². The Bertz CT molecular complexity index is 808. The number of aromatic nitrogens is 2. The van der Waals surface area contributed by atoms with Gasteiger partial charge in [-0.3, -0.25) is 14.5 Å². The fourth-order valence-corrected chi connectivity index (χ4v) is 2.48. The van der Waals surface area contributed by atoms with Crippen LogP contribution in [0.15, 0.2) is 44.9 Å². The summed E-state index contributed by atoms with van der Waals surface area (Å²) in [5.41, 5.74) is -1.84. The van der Waals surface area contributed by atoms with Crippen LogP contribution in [0.25, 0.3) is 0 Å². The van der Waals surface area contributed by atoms with E-state index in [9.17, 15) is 18.0 Å². The molecule has 0 radical (unpaired) electrons. The third-order valence-electron chi connectivity index (χ3n) is 2.19. The van der Waals surface area contributed by atoms with Crippen molar-refractivity contribution in [2.75, 3.05) is 4.72 Å². The van der Waals surface area contributed by atoms with Crippen molar-refractivity contribution in [2.24, 2.45) is 0 Å². The minimum Gasteiger partial charge on any atom is -0.312 e. The summed E-state index contributed by atoms with van der Waals surface area (Å²) in [6.45, 7) is 0. The van der Waals surface area contributed by atoms with E-state index in [0.29, 0.717) is 5.02 Å². The second-order valence-electron chi connectivity index (χ2n) is 3.55. The molecule has 100 valence electrons. The number of hydrogen-bond donors (Lipinski definition) is 3. The lowest BCUT2D eigenvalue weighted by atomic mass is 10.4. The average molecular weight is 302 g/mol. The summed E-state index contributed by atoms with van der Waals surface area (Å²) in [5, 5.41) is 0.390. The maximum atomic E-state index is 12.0. The van der Waals surface area contributed by atoms with Crippen LogP contribution in [0.1, 0.15) is 0 Å². The largest absolute Gasteiger partial charge is 0.325 e. The van der Waals surface area contributed by atoms with Crippen LogP contribution in [0, 0.1) is 0 Å². The lowest BCUT2D eigenvalue weighted by Gasteiger charge is -2.06. The lowest BCUT2D eigenvalue weighted by molar-refractivity contribution is 0.601. The van der Waals surface area contributed by atoms with Crippen LogP contribution in [0.5, 0.6) is 0 Å². The average Bonchev–Trinajstić information content (AvgIpc) is 2.33. The molecule has 2 aromatic rings. The quantitative estimate of drug-likeness (QED) is 0.767. The number of benzene rings is 1. The second kappa shape index (κ2) is 4.90. The van der Waals surface area contributed by atoms with Gasteiger partial charge in [0, 0.05) is 11.2 Å². The zero-order valence-electron chi connectivity index (χ0n) is 9.31. The summed E-state index contributed by atoms with van der Waals surface area (Å²) in [6, 6.07) is 5.41. The Morgan fingerprint density at radius 2 is 1.74 bits per heavy atom. The van der Waals surface area contributed by atoms with Gasteiger partial charge in [-0.15, -0.1) is 0 Å². The predicted molar refractivity (Wildman–Crippen MR) is 69.9 cm³/mol. The van der Waals surface area contributed by atoms with E-state index < -0.39 is 21.3 Å². The van der Waals surface area contributed by atoms with E-state index in [0.717, 1.165) is 6.20 Å². The van der Waals surface area contributed by atoms with E-state index in [2.05, 4.69) is 9.71 Å². The standard InChI is InChI=1S/C10H8ClN3O4S/c11-6-1-3-7(4-2-6)19(17,18)14-8-5-12-10(16)13-9(8)15/h1-5,14H,(H2,12,13,15,16). The van der Waals surface area contributed by atoms with E-state index >= 15 is 0 Å². The summed E-state index contributed by atoms with van der Waals surface area (Å²) in [6.07, 6.45) is 0.981. The molecule has 0 saturated carbocycles. The monoisotopic (exact) mass is 301 g/mol. The highest BCUT2D eigenvalue weighted by atomic mass is 35.5. The lowest BCUT2D eigenvalue weighted by Crippen LogP contribution is -2.26. The van der Waals surface area contributed by atoms with E-state index in [-0.39, 0.29) is 10.6 Å². The van der Waals surface area contributed by atoms with Gasteiger partial charge in [0.2, 0.25) is 0 Å². The Morgan fingerprint density at radius 1 is 1.11 bits per heavy atom. The molecule has 1 aromatic carbocycles. The van der Waals surface area contributed by atoms with Crippen LogP contribution in [-0.4, -0.2) is 18.4 Å². The molecule has 0 aliphatic carbocycles. The zero-order chi connectivity index (χ0) is 14.0. The molecule has 19 heavy (non-hydrogen) atoms. The van der Waals surface area contributed by atoms with E-state index in [1.165, 1.54) is 24.3 Å². The number of rotatable bonds is 3. The molecule has 9 heteroatoms. The SMILES string of the molecule is O=c1[nH]cc(NS(=O)(=O)c2ccc(Cl)cc2)c(=O)[nH]1. The van der Waals surface area contributed by atoms with Gasteiger partial charge in [0.05, 0.1) is 4.90 Å². The Hall–Kier alpha value is -2.06. The van der Waals surface area contributed by atoms with Gasteiger partial charge in [0.15, 0.2) is 0 Å². The number of H-pyrrole nitrogens is 2.